The maximum atomic E-state index is 12.2. The second kappa shape index (κ2) is 8.53. The normalized spacial score (nSPS) is 18.2. The number of benzene rings is 1. The molecule has 23 heavy (non-hydrogen) atoms. The molecule has 1 atom stereocenters. The van der Waals surface area contributed by atoms with Gasteiger partial charge in [-0.2, -0.15) is 0 Å². The number of para-hydroxylation sites is 1. The lowest BCUT2D eigenvalue weighted by Gasteiger charge is -2.20. The average Bonchev–Trinajstić information content (AvgIpc) is 2.72. The molecule has 6 heteroatoms. The quantitative estimate of drug-likeness (QED) is 0.818. The number of hydrogen-bond donors (Lipinski definition) is 2. The maximum absolute atomic E-state index is 12.2. The van der Waals surface area contributed by atoms with Crippen LogP contribution in [0.2, 0.25) is 0 Å². The Balaban J connectivity index is 1.85. The third-order valence-corrected chi connectivity index (χ3v) is 3.92. The summed E-state index contributed by atoms with van der Waals surface area (Å²) in [5.74, 6) is 0.593. The van der Waals surface area contributed by atoms with Crippen LogP contribution < -0.4 is 15.4 Å². The Morgan fingerprint density at radius 1 is 1.39 bits per heavy atom. The van der Waals surface area contributed by atoms with E-state index in [1.165, 1.54) is 0 Å². The molecule has 1 fully saturated rings. The Kier molecular flexibility index (Phi) is 6.40. The zero-order valence-electron chi connectivity index (χ0n) is 13.8. The predicted molar refractivity (Wildman–Crippen MR) is 88.1 cm³/mol. The number of carbonyl (C=O) groups is 2. The summed E-state index contributed by atoms with van der Waals surface area (Å²) in [7, 11) is 3.51. The largest absolute Gasteiger partial charge is 0.496 e. The van der Waals surface area contributed by atoms with Crippen LogP contribution in [-0.2, 0) is 16.1 Å². The van der Waals surface area contributed by atoms with E-state index in [1.54, 1.807) is 7.11 Å². The van der Waals surface area contributed by atoms with E-state index in [9.17, 15) is 9.59 Å². The van der Waals surface area contributed by atoms with Gasteiger partial charge in [-0.25, -0.2) is 0 Å². The van der Waals surface area contributed by atoms with Gasteiger partial charge in [0, 0.05) is 18.7 Å². The summed E-state index contributed by atoms with van der Waals surface area (Å²) in [6, 6.07) is 7.33. The van der Waals surface area contributed by atoms with Gasteiger partial charge in [0.25, 0.3) is 0 Å². The van der Waals surface area contributed by atoms with Crippen LogP contribution in [0.1, 0.15) is 24.8 Å². The van der Waals surface area contributed by atoms with Crippen molar-refractivity contribution in [3.63, 3.8) is 0 Å². The molecule has 0 unspecified atom stereocenters. The van der Waals surface area contributed by atoms with Crippen molar-refractivity contribution in [1.82, 2.24) is 15.5 Å². The summed E-state index contributed by atoms with van der Waals surface area (Å²) in [6.45, 7) is 1.54. The van der Waals surface area contributed by atoms with Gasteiger partial charge in [0.2, 0.25) is 11.8 Å². The van der Waals surface area contributed by atoms with E-state index in [-0.39, 0.29) is 18.4 Å². The van der Waals surface area contributed by atoms with E-state index in [1.807, 2.05) is 36.2 Å². The lowest BCUT2D eigenvalue weighted by atomic mass is 10.1. The van der Waals surface area contributed by atoms with Gasteiger partial charge in [0.1, 0.15) is 11.8 Å². The van der Waals surface area contributed by atoms with Crippen molar-refractivity contribution >= 4 is 11.8 Å². The molecule has 1 aliphatic rings. The fourth-order valence-corrected chi connectivity index (χ4v) is 2.74. The van der Waals surface area contributed by atoms with Crippen molar-refractivity contribution < 1.29 is 14.3 Å². The zero-order valence-corrected chi connectivity index (χ0v) is 13.8. The molecule has 126 valence electrons. The van der Waals surface area contributed by atoms with Gasteiger partial charge in [-0.3, -0.25) is 14.5 Å². The number of nitrogens with one attached hydrogen (secondary N) is 2. The van der Waals surface area contributed by atoms with Gasteiger partial charge < -0.3 is 15.4 Å². The molecule has 1 aromatic rings. The third kappa shape index (κ3) is 5.25. The summed E-state index contributed by atoms with van der Waals surface area (Å²) in [5.41, 5.74) is 1.03. The molecule has 0 spiro atoms. The summed E-state index contributed by atoms with van der Waals surface area (Å²) in [6.07, 6.45) is 2.61. The minimum atomic E-state index is -0.412. The van der Waals surface area contributed by atoms with E-state index in [4.69, 9.17) is 4.74 Å². The molecule has 1 aromatic carbocycles. The molecule has 1 aliphatic heterocycles. The summed E-state index contributed by atoms with van der Waals surface area (Å²) in [4.78, 5) is 25.9. The van der Waals surface area contributed by atoms with Crippen LogP contribution in [0.25, 0.3) is 0 Å². The first kappa shape index (κ1) is 17.3. The molecule has 0 radical (unpaired) electrons. The lowest BCUT2D eigenvalue weighted by Crippen LogP contribution is -2.48. The molecular formula is C17H25N3O3. The van der Waals surface area contributed by atoms with Crippen LogP contribution in [0.4, 0.5) is 0 Å². The molecular weight excluding hydrogens is 294 g/mol. The number of rotatable bonds is 6. The molecule has 0 bridgehead atoms. The fourth-order valence-electron chi connectivity index (χ4n) is 2.74. The monoisotopic (exact) mass is 319 g/mol. The Bertz CT molecular complexity index is 548. The number of likely N-dealkylation sites (N-methyl/N-ethyl adjacent to an activating group) is 1. The average molecular weight is 319 g/mol. The molecule has 2 N–H and O–H groups in total. The minimum Gasteiger partial charge on any atom is -0.496 e. The Labute approximate surface area is 137 Å². The fraction of sp³-hybridized carbons (Fsp3) is 0.529. The van der Waals surface area contributed by atoms with Crippen molar-refractivity contribution in [3.05, 3.63) is 29.8 Å². The molecule has 2 rings (SSSR count). The summed E-state index contributed by atoms with van der Waals surface area (Å²) < 4.78 is 5.32. The van der Waals surface area contributed by atoms with E-state index in [0.29, 0.717) is 19.5 Å². The zero-order chi connectivity index (χ0) is 16.7. The van der Waals surface area contributed by atoms with Gasteiger partial charge >= 0.3 is 0 Å². The highest BCUT2D eigenvalue weighted by atomic mass is 16.5. The second-order valence-corrected chi connectivity index (χ2v) is 5.89. The maximum Gasteiger partial charge on any atom is 0.242 e. The molecule has 6 nitrogen and oxygen atoms in total. The molecule has 2 amide bonds. The molecule has 0 aliphatic carbocycles. The summed E-state index contributed by atoms with van der Waals surface area (Å²) in [5, 5.41) is 5.65. The van der Waals surface area contributed by atoms with Crippen molar-refractivity contribution in [2.75, 3.05) is 27.2 Å². The van der Waals surface area contributed by atoms with Crippen molar-refractivity contribution in [3.8, 4) is 5.75 Å². The van der Waals surface area contributed by atoms with Crippen LogP contribution in [0.15, 0.2) is 24.3 Å². The Morgan fingerprint density at radius 3 is 2.96 bits per heavy atom. The van der Waals surface area contributed by atoms with Crippen LogP contribution in [0.3, 0.4) is 0 Å². The van der Waals surface area contributed by atoms with Crippen molar-refractivity contribution in [2.24, 2.45) is 0 Å². The Hall–Kier alpha value is -2.08. The number of nitrogens with zero attached hydrogens (tertiary/aromatic N) is 1. The van der Waals surface area contributed by atoms with Gasteiger partial charge in [-0.1, -0.05) is 18.2 Å². The van der Waals surface area contributed by atoms with Crippen molar-refractivity contribution in [2.45, 2.75) is 31.8 Å². The summed E-state index contributed by atoms with van der Waals surface area (Å²) >= 11 is 0. The first-order chi connectivity index (χ1) is 11.1. The van der Waals surface area contributed by atoms with Crippen molar-refractivity contribution in [1.29, 1.82) is 0 Å². The number of ether oxygens (including phenoxy) is 1. The highest BCUT2D eigenvalue weighted by Gasteiger charge is 2.22. The second-order valence-electron chi connectivity index (χ2n) is 5.89. The molecule has 1 heterocycles. The van der Waals surface area contributed by atoms with Crippen LogP contribution in [0.5, 0.6) is 5.75 Å². The van der Waals surface area contributed by atoms with E-state index in [0.717, 1.165) is 24.2 Å². The first-order valence-electron chi connectivity index (χ1n) is 7.97. The molecule has 0 aromatic heterocycles. The van der Waals surface area contributed by atoms with Gasteiger partial charge in [0.15, 0.2) is 0 Å². The van der Waals surface area contributed by atoms with Crippen LogP contribution in [-0.4, -0.2) is 50.0 Å². The SMILES string of the molecule is COc1ccccc1CN(C)CC(=O)N[C@@H]1CCCCNC1=O. The lowest BCUT2D eigenvalue weighted by molar-refractivity contribution is -0.129. The van der Waals surface area contributed by atoms with E-state index >= 15 is 0 Å². The number of carbonyl (C=O) groups excluding carboxylic acids is 2. The van der Waals surface area contributed by atoms with Gasteiger partial charge in [-0.05, 0) is 32.4 Å². The highest BCUT2D eigenvalue weighted by Crippen LogP contribution is 2.18. The predicted octanol–water partition coefficient (Wildman–Crippen LogP) is 0.912. The number of hydrogen-bond acceptors (Lipinski definition) is 4. The Morgan fingerprint density at radius 2 is 2.17 bits per heavy atom. The molecule has 1 saturated heterocycles. The third-order valence-electron chi connectivity index (χ3n) is 3.92. The van der Waals surface area contributed by atoms with Gasteiger partial charge in [-0.15, -0.1) is 0 Å². The standard InChI is InChI=1S/C17H25N3O3/c1-20(11-13-7-3-4-9-15(13)23-2)12-16(21)19-14-8-5-6-10-18-17(14)22/h3-4,7,9,14H,5-6,8,10-12H2,1-2H3,(H,18,22)(H,19,21)/t14-/m1/s1. The molecule has 0 saturated carbocycles. The van der Waals surface area contributed by atoms with Crippen LogP contribution >= 0.6 is 0 Å². The smallest absolute Gasteiger partial charge is 0.242 e. The van der Waals surface area contributed by atoms with Gasteiger partial charge in [0.05, 0.1) is 13.7 Å². The first-order valence-corrected chi connectivity index (χ1v) is 7.97. The number of methoxy groups -OCH3 is 1. The number of amides is 2. The topological polar surface area (TPSA) is 70.7 Å². The van der Waals surface area contributed by atoms with E-state index < -0.39 is 6.04 Å². The minimum absolute atomic E-state index is 0.0803. The van der Waals surface area contributed by atoms with Crippen LogP contribution in [0, 0.1) is 0 Å². The highest BCUT2D eigenvalue weighted by molar-refractivity contribution is 5.88. The van der Waals surface area contributed by atoms with E-state index in [2.05, 4.69) is 10.6 Å².